The number of benzene rings is 2. The van der Waals surface area contributed by atoms with E-state index in [0.717, 1.165) is 0 Å². The molecule has 0 amide bonds. The molecule has 0 spiro atoms. The predicted octanol–water partition coefficient (Wildman–Crippen LogP) is 1.84. The van der Waals surface area contributed by atoms with Crippen molar-refractivity contribution in [1.82, 2.24) is 0 Å². The summed E-state index contributed by atoms with van der Waals surface area (Å²) < 4.78 is 0. The number of aliphatic imine (C=N–C) groups is 2. The van der Waals surface area contributed by atoms with Gasteiger partial charge in [-0.25, -0.2) is 4.99 Å². The van der Waals surface area contributed by atoms with Crippen LogP contribution >= 0.6 is 11.8 Å². The summed E-state index contributed by atoms with van der Waals surface area (Å²) in [6, 6.07) is 13.1. The van der Waals surface area contributed by atoms with Crippen LogP contribution in [0.3, 0.4) is 0 Å². The highest BCUT2D eigenvalue weighted by molar-refractivity contribution is 7.99. The largest absolute Gasteiger partial charge is 0.370 e. The summed E-state index contributed by atoms with van der Waals surface area (Å²) in [7, 11) is 0. The van der Waals surface area contributed by atoms with E-state index >= 15 is 0 Å². The van der Waals surface area contributed by atoms with Crippen LogP contribution in [0.1, 0.15) is 5.56 Å². The van der Waals surface area contributed by atoms with Crippen molar-refractivity contribution in [3.63, 3.8) is 0 Å². The van der Waals surface area contributed by atoms with E-state index in [2.05, 4.69) is 9.98 Å². The lowest BCUT2D eigenvalue weighted by Gasteiger charge is -2.07. The number of guanidine groups is 2. The molecule has 9 nitrogen and oxygen atoms in total. The minimum Gasteiger partial charge on any atom is -0.370 e. The molecule has 0 saturated heterocycles. The fourth-order valence-electron chi connectivity index (χ4n) is 1.84. The van der Waals surface area contributed by atoms with Crippen LogP contribution in [0.25, 0.3) is 0 Å². The maximum absolute atomic E-state index is 10.8. The lowest BCUT2D eigenvalue weighted by Crippen LogP contribution is -2.26. The van der Waals surface area contributed by atoms with E-state index in [9.17, 15) is 15.4 Å². The molecule has 0 bridgehead atoms. The third-order valence-electron chi connectivity index (χ3n) is 2.86. The molecule has 0 fully saturated rings. The number of para-hydroxylation sites is 1. The van der Waals surface area contributed by atoms with Gasteiger partial charge >= 0.3 is 0 Å². The number of nitro groups is 1. The minimum atomic E-state index is -0.552. The van der Waals surface area contributed by atoms with Crippen LogP contribution < -0.4 is 17.2 Å². The van der Waals surface area contributed by atoms with Crippen LogP contribution in [0.15, 0.2) is 62.2 Å². The first kappa shape index (κ1) is 17.8. The van der Waals surface area contributed by atoms with Crippen molar-refractivity contribution in [2.45, 2.75) is 9.79 Å². The van der Waals surface area contributed by atoms with Gasteiger partial charge in [0.05, 0.1) is 16.2 Å². The molecule has 0 aliphatic carbocycles. The van der Waals surface area contributed by atoms with Crippen molar-refractivity contribution >= 4 is 35.1 Å². The van der Waals surface area contributed by atoms with Gasteiger partial charge in [0.1, 0.15) is 6.07 Å². The van der Waals surface area contributed by atoms with E-state index in [1.165, 1.54) is 30.0 Å². The van der Waals surface area contributed by atoms with Gasteiger partial charge in [-0.2, -0.15) is 10.3 Å². The van der Waals surface area contributed by atoms with Crippen LogP contribution in [0, 0.1) is 21.4 Å². The summed E-state index contributed by atoms with van der Waals surface area (Å²) in [5, 5.41) is 20.1. The van der Waals surface area contributed by atoms with Crippen LogP contribution in [0.4, 0.5) is 11.4 Å². The second-order valence-electron chi connectivity index (χ2n) is 4.63. The molecule has 0 unspecified atom stereocenters. The number of nitro benzene ring substituents is 1. The van der Waals surface area contributed by atoms with Gasteiger partial charge in [0, 0.05) is 21.9 Å². The Labute approximate surface area is 147 Å². The van der Waals surface area contributed by atoms with Crippen molar-refractivity contribution in [3.05, 3.63) is 58.1 Å². The van der Waals surface area contributed by atoms with E-state index in [4.69, 9.17) is 17.2 Å². The first-order valence-corrected chi connectivity index (χ1v) is 7.61. The van der Waals surface area contributed by atoms with Gasteiger partial charge in [0.25, 0.3) is 5.69 Å². The van der Waals surface area contributed by atoms with Gasteiger partial charge in [-0.1, -0.05) is 23.9 Å². The lowest BCUT2D eigenvalue weighted by molar-refractivity contribution is -0.384. The molecule has 0 atom stereocenters. The topological polar surface area (TPSA) is 170 Å². The lowest BCUT2D eigenvalue weighted by atomic mass is 10.2. The zero-order valence-corrected chi connectivity index (χ0v) is 13.6. The Balaban J connectivity index is 2.41. The van der Waals surface area contributed by atoms with Crippen LogP contribution in [0.5, 0.6) is 0 Å². The molecule has 2 aromatic carbocycles. The Kier molecular flexibility index (Phi) is 5.54. The highest BCUT2D eigenvalue weighted by Crippen LogP contribution is 2.37. The molecule has 0 aromatic heterocycles. The van der Waals surface area contributed by atoms with Gasteiger partial charge in [-0.05, 0) is 18.2 Å². The van der Waals surface area contributed by atoms with Gasteiger partial charge in [-0.15, -0.1) is 0 Å². The van der Waals surface area contributed by atoms with E-state index in [-0.39, 0.29) is 23.2 Å². The standard InChI is InChI=1S/C15H13N7O2S/c16-8-9-7-10(22(23)24)5-6-12(9)25-13-4-2-1-3-11(13)20-15(19)21-14(17)18/h1-7H,(H6,17,18,19,20,21). The molecule has 25 heavy (non-hydrogen) atoms. The van der Waals surface area contributed by atoms with Gasteiger partial charge in [0.2, 0.25) is 5.96 Å². The summed E-state index contributed by atoms with van der Waals surface area (Å²) in [6.45, 7) is 0. The number of nitriles is 1. The number of rotatable bonds is 4. The Morgan fingerprint density at radius 2 is 1.88 bits per heavy atom. The molecule has 0 heterocycles. The highest BCUT2D eigenvalue weighted by atomic mass is 32.2. The molecule has 0 saturated carbocycles. The molecular weight excluding hydrogens is 342 g/mol. The molecule has 2 aromatic rings. The van der Waals surface area contributed by atoms with Crippen LogP contribution in [-0.4, -0.2) is 16.8 Å². The van der Waals surface area contributed by atoms with E-state index in [0.29, 0.717) is 15.5 Å². The van der Waals surface area contributed by atoms with E-state index in [1.54, 1.807) is 24.3 Å². The summed E-state index contributed by atoms with van der Waals surface area (Å²) in [5.74, 6) is -0.328. The van der Waals surface area contributed by atoms with Gasteiger partial charge in [-0.3, -0.25) is 10.1 Å². The maximum atomic E-state index is 10.8. The first-order valence-electron chi connectivity index (χ1n) is 6.80. The van der Waals surface area contributed by atoms with Crippen molar-refractivity contribution in [1.29, 1.82) is 5.26 Å². The zero-order valence-electron chi connectivity index (χ0n) is 12.8. The van der Waals surface area contributed by atoms with Crippen LogP contribution in [-0.2, 0) is 0 Å². The summed E-state index contributed by atoms with van der Waals surface area (Å²) in [6.07, 6.45) is 0. The number of nitrogens with two attached hydrogens (primary N) is 3. The Morgan fingerprint density at radius 3 is 2.52 bits per heavy atom. The third kappa shape index (κ3) is 4.69. The summed E-state index contributed by atoms with van der Waals surface area (Å²) in [4.78, 5) is 19.3. The normalized spacial score (nSPS) is 10.8. The quantitative estimate of drug-likeness (QED) is 0.325. The Hall–Kier alpha value is -3.58. The summed E-state index contributed by atoms with van der Waals surface area (Å²) in [5.41, 5.74) is 16.7. The highest BCUT2D eigenvalue weighted by Gasteiger charge is 2.13. The predicted molar refractivity (Wildman–Crippen MR) is 95.5 cm³/mol. The van der Waals surface area contributed by atoms with E-state index in [1.807, 2.05) is 6.07 Å². The fourth-order valence-corrected chi connectivity index (χ4v) is 2.80. The Bertz CT molecular complexity index is 914. The average molecular weight is 355 g/mol. The number of non-ortho nitro benzene ring substituents is 1. The molecule has 0 aliphatic rings. The van der Waals surface area contributed by atoms with Crippen molar-refractivity contribution in [3.8, 4) is 6.07 Å². The van der Waals surface area contributed by atoms with Crippen LogP contribution in [0.2, 0.25) is 0 Å². The molecule has 10 heteroatoms. The number of nitrogens with zero attached hydrogens (tertiary/aromatic N) is 4. The summed E-state index contributed by atoms with van der Waals surface area (Å²) >= 11 is 1.23. The minimum absolute atomic E-state index is 0.114. The molecule has 0 radical (unpaired) electrons. The Morgan fingerprint density at radius 1 is 1.16 bits per heavy atom. The molecule has 0 aliphatic heterocycles. The average Bonchev–Trinajstić information content (AvgIpc) is 2.56. The second kappa shape index (κ2) is 7.80. The van der Waals surface area contributed by atoms with Gasteiger partial charge in [0.15, 0.2) is 5.96 Å². The monoisotopic (exact) mass is 355 g/mol. The van der Waals surface area contributed by atoms with Gasteiger partial charge < -0.3 is 17.2 Å². The first-order chi connectivity index (χ1) is 11.9. The third-order valence-corrected chi connectivity index (χ3v) is 4.00. The maximum Gasteiger partial charge on any atom is 0.270 e. The molecule has 6 N–H and O–H groups in total. The van der Waals surface area contributed by atoms with Crippen molar-refractivity contribution in [2.24, 2.45) is 27.2 Å². The second-order valence-corrected chi connectivity index (χ2v) is 5.71. The smallest absolute Gasteiger partial charge is 0.270 e. The SMILES string of the molecule is N#Cc1cc([N+](=O)[O-])ccc1Sc1ccccc1N=C(N)N=C(N)N. The fraction of sp³-hybridized carbons (Fsp3) is 0. The zero-order chi connectivity index (χ0) is 18.4. The van der Waals surface area contributed by atoms with E-state index < -0.39 is 4.92 Å². The molecular formula is C15H13N7O2S. The van der Waals surface area contributed by atoms with Crippen molar-refractivity contribution in [2.75, 3.05) is 0 Å². The van der Waals surface area contributed by atoms with Crippen molar-refractivity contribution < 1.29 is 4.92 Å². The number of hydrogen-bond donors (Lipinski definition) is 3. The number of hydrogen-bond acceptors (Lipinski definition) is 5. The molecule has 2 rings (SSSR count). The molecule has 126 valence electrons.